The Labute approximate surface area is 136 Å². The maximum absolute atomic E-state index is 12.1. The van der Waals surface area contributed by atoms with E-state index in [1.54, 1.807) is 13.2 Å². The number of hydrogen-bond acceptors (Lipinski definition) is 3. The molecule has 1 N–H and O–H groups in total. The molecule has 0 aliphatic carbocycles. The molecule has 0 aliphatic rings. The Bertz CT molecular complexity index is 680. The van der Waals surface area contributed by atoms with Crippen LogP contribution in [0.5, 0.6) is 11.5 Å². The van der Waals surface area contributed by atoms with Gasteiger partial charge in [0, 0.05) is 6.08 Å². The van der Waals surface area contributed by atoms with Crippen LogP contribution in [0.3, 0.4) is 0 Å². The first kappa shape index (κ1) is 16.6. The molecule has 0 atom stereocenters. The summed E-state index contributed by atoms with van der Waals surface area (Å²) in [6.07, 6.45) is 4.15. The van der Waals surface area contributed by atoms with Gasteiger partial charge < -0.3 is 14.8 Å². The topological polar surface area (TPSA) is 47.6 Å². The second-order valence-electron chi connectivity index (χ2n) is 4.94. The highest BCUT2D eigenvalue weighted by molar-refractivity contribution is 6.02. The van der Waals surface area contributed by atoms with Gasteiger partial charge in [0.2, 0.25) is 5.91 Å². The van der Waals surface area contributed by atoms with Crippen LogP contribution in [-0.2, 0) is 4.79 Å². The third-order valence-electron chi connectivity index (χ3n) is 3.13. The maximum Gasteiger partial charge on any atom is 0.248 e. The highest BCUT2D eigenvalue weighted by Gasteiger charge is 2.05. The molecule has 2 aromatic rings. The van der Waals surface area contributed by atoms with Crippen LogP contribution in [0.25, 0.3) is 6.08 Å². The molecule has 1 amide bonds. The predicted molar refractivity (Wildman–Crippen MR) is 92.9 cm³/mol. The Balaban J connectivity index is 2.03. The van der Waals surface area contributed by atoms with Crippen molar-refractivity contribution in [1.82, 2.24) is 0 Å². The molecular formula is C19H21NO3. The summed E-state index contributed by atoms with van der Waals surface area (Å²) >= 11 is 0. The van der Waals surface area contributed by atoms with Crippen LogP contribution in [0.4, 0.5) is 5.69 Å². The molecule has 0 unspecified atom stereocenters. The molecule has 4 nitrogen and oxygen atoms in total. The SMILES string of the molecule is CCCOc1ccccc1NC(=O)/C=C/c1cccc(OC)c1. The number of ether oxygens (including phenoxy) is 2. The first-order valence-electron chi connectivity index (χ1n) is 7.58. The van der Waals surface area contributed by atoms with Crippen LogP contribution in [0.2, 0.25) is 0 Å². The summed E-state index contributed by atoms with van der Waals surface area (Å²) in [4.78, 5) is 12.1. The zero-order chi connectivity index (χ0) is 16.5. The van der Waals surface area contributed by atoms with Crippen LogP contribution in [0, 0.1) is 0 Å². The van der Waals surface area contributed by atoms with Crippen molar-refractivity contribution in [3.63, 3.8) is 0 Å². The molecule has 0 spiro atoms. The number of amides is 1. The largest absolute Gasteiger partial charge is 0.497 e. The van der Waals surface area contributed by atoms with Gasteiger partial charge in [-0.3, -0.25) is 4.79 Å². The number of carbonyl (C=O) groups excluding carboxylic acids is 1. The van der Waals surface area contributed by atoms with E-state index in [1.165, 1.54) is 6.08 Å². The quantitative estimate of drug-likeness (QED) is 0.782. The smallest absolute Gasteiger partial charge is 0.248 e. The number of nitrogens with one attached hydrogen (secondary N) is 1. The van der Waals surface area contributed by atoms with E-state index in [-0.39, 0.29) is 5.91 Å². The van der Waals surface area contributed by atoms with Crippen molar-refractivity contribution in [1.29, 1.82) is 0 Å². The van der Waals surface area contributed by atoms with E-state index in [1.807, 2.05) is 55.5 Å². The average molecular weight is 311 g/mol. The summed E-state index contributed by atoms with van der Waals surface area (Å²) in [5.74, 6) is 1.23. The first-order chi connectivity index (χ1) is 11.2. The molecule has 0 aromatic heterocycles. The van der Waals surface area contributed by atoms with Gasteiger partial charge in [-0.15, -0.1) is 0 Å². The van der Waals surface area contributed by atoms with Crippen molar-refractivity contribution in [2.24, 2.45) is 0 Å². The average Bonchev–Trinajstić information content (AvgIpc) is 2.59. The molecule has 0 heterocycles. The van der Waals surface area contributed by atoms with Gasteiger partial charge in [0.05, 0.1) is 19.4 Å². The fraction of sp³-hybridized carbons (Fsp3) is 0.211. The molecule has 2 aromatic carbocycles. The Hall–Kier alpha value is -2.75. The summed E-state index contributed by atoms with van der Waals surface area (Å²) in [6.45, 7) is 2.66. The summed E-state index contributed by atoms with van der Waals surface area (Å²) in [7, 11) is 1.61. The predicted octanol–water partition coefficient (Wildman–Crippen LogP) is 4.14. The molecule has 0 bridgehead atoms. The van der Waals surface area contributed by atoms with Crippen LogP contribution in [0.15, 0.2) is 54.6 Å². The van der Waals surface area contributed by atoms with Gasteiger partial charge in [0.1, 0.15) is 11.5 Å². The highest BCUT2D eigenvalue weighted by atomic mass is 16.5. The normalized spacial score (nSPS) is 10.5. The van der Waals surface area contributed by atoms with Crippen molar-refractivity contribution in [2.45, 2.75) is 13.3 Å². The lowest BCUT2D eigenvalue weighted by molar-refractivity contribution is -0.111. The molecule has 2 rings (SSSR count). The molecule has 0 aliphatic heterocycles. The summed E-state index contributed by atoms with van der Waals surface area (Å²) in [5.41, 5.74) is 1.57. The summed E-state index contributed by atoms with van der Waals surface area (Å²) < 4.78 is 10.8. The second-order valence-corrected chi connectivity index (χ2v) is 4.94. The van der Waals surface area contributed by atoms with Crippen molar-refractivity contribution in [3.8, 4) is 11.5 Å². The summed E-state index contributed by atoms with van der Waals surface area (Å²) in [5, 5.41) is 2.84. The van der Waals surface area contributed by atoms with Crippen molar-refractivity contribution in [3.05, 3.63) is 60.2 Å². The number of carbonyl (C=O) groups is 1. The molecule has 120 valence electrons. The van der Waals surface area contributed by atoms with Gasteiger partial charge in [-0.05, 0) is 42.3 Å². The van der Waals surface area contributed by atoms with Gasteiger partial charge in [0.15, 0.2) is 0 Å². The number of para-hydroxylation sites is 2. The van der Waals surface area contributed by atoms with Gasteiger partial charge >= 0.3 is 0 Å². The maximum atomic E-state index is 12.1. The number of rotatable bonds is 7. The molecule has 23 heavy (non-hydrogen) atoms. The van der Waals surface area contributed by atoms with E-state index >= 15 is 0 Å². The fourth-order valence-electron chi connectivity index (χ4n) is 2.00. The number of methoxy groups -OCH3 is 1. The van der Waals surface area contributed by atoms with E-state index in [2.05, 4.69) is 5.32 Å². The monoisotopic (exact) mass is 311 g/mol. The van der Waals surface area contributed by atoms with Crippen LogP contribution >= 0.6 is 0 Å². The minimum absolute atomic E-state index is 0.208. The standard InChI is InChI=1S/C19H21NO3/c1-3-13-23-18-10-5-4-9-17(18)20-19(21)12-11-15-7-6-8-16(14-15)22-2/h4-12,14H,3,13H2,1-2H3,(H,20,21)/b12-11+. The van der Waals surface area contributed by atoms with E-state index < -0.39 is 0 Å². The zero-order valence-electron chi connectivity index (χ0n) is 13.4. The molecule has 0 fully saturated rings. The molecule has 0 radical (unpaired) electrons. The van der Waals surface area contributed by atoms with E-state index in [0.29, 0.717) is 18.0 Å². The number of hydrogen-bond donors (Lipinski definition) is 1. The lowest BCUT2D eigenvalue weighted by atomic mass is 10.2. The molecule has 4 heteroatoms. The van der Waals surface area contributed by atoms with Crippen LogP contribution < -0.4 is 14.8 Å². The van der Waals surface area contributed by atoms with Crippen molar-refractivity contribution < 1.29 is 14.3 Å². The van der Waals surface area contributed by atoms with E-state index in [4.69, 9.17) is 9.47 Å². The van der Waals surface area contributed by atoms with Gasteiger partial charge in [0.25, 0.3) is 0 Å². The Morgan fingerprint density at radius 2 is 2.00 bits per heavy atom. The van der Waals surface area contributed by atoms with E-state index in [0.717, 1.165) is 17.7 Å². The van der Waals surface area contributed by atoms with Crippen molar-refractivity contribution in [2.75, 3.05) is 19.0 Å². The van der Waals surface area contributed by atoms with Gasteiger partial charge in [-0.1, -0.05) is 31.2 Å². The number of anilines is 1. The molecule has 0 saturated heterocycles. The Morgan fingerprint density at radius 3 is 2.78 bits per heavy atom. The fourth-order valence-corrected chi connectivity index (χ4v) is 2.00. The third kappa shape index (κ3) is 5.18. The lowest BCUT2D eigenvalue weighted by Gasteiger charge is -2.10. The van der Waals surface area contributed by atoms with Crippen LogP contribution in [-0.4, -0.2) is 19.6 Å². The Morgan fingerprint density at radius 1 is 1.17 bits per heavy atom. The highest BCUT2D eigenvalue weighted by Crippen LogP contribution is 2.24. The van der Waals surface area contributed by atoms with Gasteiger partial charge in [-0.25, -0.2) is 0 Å². The molecule has 0 saturated carbocycles. The minimum atomic E-state index is -0.208. The zero-order valence-corrected chi connectivity index (χ0v) is 13.4. The summed E-state index contributed by atoms with van der Waals surface area (Å²) in [6, 6.07) is 14.9. The van der Waals surface area contributed by atoms with Crippen LogP contribution in [0.1, 0.15) is 18.9 Å². The molecular weight excluding hydrogens is 290 g/mol. The third-order valence-corrected chi connectivity index (χ3v) is 3.13. The minimum Gasteiger partial charge on any atom is -0.497 e. The second kappa shape index (κ2) is 8.63. The van der Waals surface area contributed by atoms with Crippen molar-refractivity contribution >= 4 is 17.7 Å². The number of benzene rings is 2. The first-order valence-corrected chi connectivity index (χ1v) is 7.58. The lowest BCUT2D eigenvalue weighted by Crippen LogP contribution is -2.09. The van der Waals surface area contributed by atoms with Gasteiger partial charge in [-0.2, -0.15) is 0 Å². The Kier molecular flexibility index (Phi) is 6.24. The van der Waals surface area contributed by atoms with E-state index in [9.17, 15) is 4.79 Å².